The van der Waals surface area contributed by atoms with Crippen LogP contribution in [-0.2, 0) is 0 Å². The molecule has 2 aromatic rings. The molecule has 134 valence electrons. The lowest BCUT2D eigenvalue weighted by Gasteiger charge is -2.38. The fraction of sp³-hybridized carbons (Fsp3) is 0.471. The van der Waals surface area contributed by atoms with Crippen LogP contribution in [0.25, 0.3) is 0 Å². The molecule has 1 saturated heterocycles. The molecule has 25 heavy (non-hydrogen) atoms. The SMILES string of the molecule is CCOc1cc(N2CCN(C(C)c3nccs3)CC2)ccc1[N+](=O)[O-]. The minimum atomic E-state index is -0.400. The predicted molar refractivity (Wildman–Crippen MR) is 98.6 cm³/mol. The minimum Gasteiger partial charge on any atom is -0.487 e. The van der Waals surface area contributed by atoms with Gasteiger partial charge in [-0.25, -0.2) is 4.98 Å². The highest BCUT2D eigenvalue weighted by molar-refractivity contribution is 7.09. The van der Waals surface area contributed by atoms with E-state index in [0.29, 0.717) is 18.4 Å². The van der Waals surface area contributed by atoms with E-state index in [9.17, 15) is 10.1 Å². The van der Waals surface area contributed by atoms with Gasteiger partial charge >= 0.3 is 5.69 Å². The molecule has 2 heterocycles. The second-order valence-electron chi connectivity index (χ2n) is 5.91. The minimum absolute atomic E-state index is 0.0154. The van der Waals surface area contributed by atoms with Crippen molar-refractivity contribution in [2.75, 3.05) is 37.7 Å². The molecule has 0 N–H and O–H groups in total. The summed E-state index contributed by atoms with van der Waals surface area (Å²) >= 11 is 1.69. The van der Waals surface area contributed by atoms with Crippen molar-refractivity contribution in [1.29, 1.82) is 0 Å². The Kier molecular flexibility index (Phi) is 5.50. The first kappa shape index (κ1) is 17.6. The van der Waals surface area contributed by atoms with Crippen LogP contribution in [0.5, 0.6) is 5.75 Å². The standard InChI is InChI=1S/C17H22N4O3S/c1-3-24-16-12-14(4-5-15(16)21(22)23)20-9-7-19(8-10-20)13(2)17-18-6-11-25-17/h4-6,11-13H,3,7-10H2,1-2H3. The predicted octanol–water partition coefficient (Wildman–Crippen LogP) is 3.33. The zero-order chi connectivity index (χ0) is 17.8. The molecule has 7 nitrogen and oxygen atoms in total. The van der Waals surface area contributed by atoms with Crippen molar-refractivity contribution < 1.29 is 9.66 Å². The van der Waals surface area contributed by atoms with Gasteiger partial charge in [0.05, 0.1) is 17.6 Å². The Morgan fingerprint density at radius 2 is 2.12 bits per heavy atom. The van der Waals surface area contributed by atoms with E-state index in [2.05, 4.69) is 21.7 Å². The number of thiazole rings is 1. The third kappa shape index (κ3) is 3.91. The fourth-order valence-electron chi connectivity index (χ4n) is 3.09. The zero-order valence-corrected chi connectivity index (χ0v) is 15.2. The molecule has 0 radical (unpaired) electrons. The average molecular weight is 362 g/mol. The van der Waals surface area contributed by atoms with Crippen molar-refractivity contribution >= 4 is 22.7 Å². The average Bonchev–Trinajstić information content (AvgIpc) is 3.16. The van der Waals surface area contributed by atoms with Crippen molar-refractivity contribution in [3.05, 3.63) is 44.9 Å². The second-order valence-corrected chi connectivity index (χ2v) is 6.84. The third-order valence-corrected chi connectivity index (χ3v) is 5.42. The van der Waals surface area contributed by atoms with Gasteiger partial charge in [-0.3, -0.25) is 15.0 Å². The summed E-state index contributed by atoms with van der Waals surface area (Å²) in [5.41, 5.74) is 0.984. The van der Waals surface area contributed by atoms with E-state index in [0.717, 1.165) is 36.9 Å². The van der Waals surface area contributed by atoms with E-state index in [1.807, 2.05) is 18.5 Å². The maximum atomic E-state index is 11.1. The number of aromatic nitrogens is 1. The summed E-state index contributed by atoms with van der Waals surface area (Å²) in [5.74, 6) is 0.337. The molecule has 0 saturated carbocycles. The van der Waals surface area contributed by atoms with Crippen LogP contribution < -0.4 is 9.64 Å². The summed E-state index contributed by atoms with van der Waals surface area (Å²) in [6.07, 6.45) is 1.85. The molecule has 0 bridgehead atoms. The zero-order valence-electron chi connectivity index (χ0n) is 14.4. The number of anilines is 1. The van der Waals surface area contributed by atoms with E-state index < -0.39 is 4.92 Å². The summed E-state index contributed by atoms with van der Waals surface area (Å²) < 4.78 is 5.45. The molecule has 0 spiro atoms. The van der Waals surface area contributed by atoms with Crippen molar-refractivity contribution in [3.63, 3.8) is 0 Å². The van der Waals surface area contributed by atoms with Gasteiger partial charge in [-0.15, -0.1) is 11.3 Å². The van der Waals surface area contributed by atoms with Crippen LogP contribution in [-0.4, -0.2) is 47.6 Å². The number of hydrogen-bond acceptors (Lipinski definition) is 7. The number of nitro groups is 1. The Bertz CT molecular complexity index is 715. The lowest BCUT2D eigenvalue weighted by molar-refractivity contribution is -0.385. The Hall–Kier alpha value is -2.19. The number of nitro benzene ring substituents is 1. The fourth-order valence-corrected chi connectivity index (χ4v) is 3.81. The Labute approximate surface area is 151 Å². The van der Waals surface area contributed by atoms with Gasteiger partial charge in [-0.2, -0.15) is 0 Å². The molecule has 1 atom stereocenters. The van der Waals surface area contributed by atoms with Crippen LogP contribution in [0.3, 0.4) is 0 Å². The van der Waals surface area contributed by atoms with Crippen LogP contribution in [0.15, 0.2) is 29.8 Å². The van der Waals surface area contributed by atoms with Crippen molar-refractivity contribution in [2.24, 2.45) is 0 Å². The maximum Gasteiger partial charge on any atom is 0.311 e. The van der Waals surface area contributed by atoms with Gasteiger partial charge in [0.15, 0.2) is 5.75 Å². The Balaban J connectivity index is 1.68. The van der Waals surface area contributed by atoms with Gasteiger partial charge in [0.2, 0.25) is 0 Å². The Morgan fingerprint density at radius 1 is 1.36 bits per heavy atom. The molecule has 1 fully saturated rings. The summed E-state index contributed by atoms with van der Waals surface area (Å²) in [4.78, 5) is 19.8. The quantitative estimate of drug-likeness (QED) is 0.580. The van der Waals surface area contributed by atoms with Crippen LogP contribution in [0.1, 0.15) is 24.9 Å². The molecular formula is C17H22N4O3S. The summed E-state index contributed by atoms with van der Waals surface area (Å²) in [7, 11) is 0. The number of rotatable bonds is 6. The molecule has 0 aliphatic carbocycles. The van der Waals surface area contributed by atoms with Crippen molar-refractivity contribution in [3.8, 4) is 5.75 Å². The van der Waals surface area contributed by atoms with Crippen molar-refractivity contribution in [2.45, 2.75) is 19.9 Å². The summed E-state index contributed by atoms with van der Waals surface area (Å²) in [5, 5.41) is 14.3. The molecule has 1 aromatic heterocycles. The van der Waals surface area contributed by atoms with E-state index >= 15 is 0 Å². The number of benzene rings is 1. The van der Waals surface area contributed by atoms with Gasteiger partial charge in [-0.1, -0.05) is 0 Å². The largest absolute Gasteiger partial charge is 0.487 e. The van der Waals surface area contributed by atoms with Crippen LogP contribution in [0.2, 0.25) is 0 Å². The molecule has 1 unspecified atom stereocenters. The van der Waals surface area contributed by atoms with Crippen LogP contribution >= 0.6 is 11.3 Å². The molecule has 1 aromatic carbocycles. The van der Waals surface area contributed by atoms with Gasteiger partial charge in [0.1, 0.15) is 5.01 Å². The third-order valence-electron chi connectivity index (χ3n) is 4.48. The highest BCUT2D eigenvalue weighted by Gasteiger charge is 2.25. The number of nitrogens with zero attached hydrogens (tertiary/aromatic N) is 4. The number of hydrogen-bond donors (Lipinski definition) is 0. The van der Waals surface area contributed by atoms with E-state index in [4.69, 9.17) is 4.74 Å². The first-order chi connectivity index (χ1) is 12.1. The van der Waals surface area contributed by atoms with Crippen LogP contribution in [0, 0.1) is 10.1 Å². The summed E-state index contributed by atoms with van der Waals surface area (Å²) in [6.45, 7) is 8.04. The smallest absolute Gasteiger partial charge is 0.311 e. The van der Waals surface area contributed by atoms with Gasteiger partial charge in [0, 0.05) is 55.6 Å². The highest BCUT2D eigenvalue weighted by atomic mass is 32.1. The second kappa shape index (κ2) is 7.79. The summed E-state index contributed by atoms with van der Waals surface area (Å²) in [6, 6.07) is 5.44. The highest BCUT2D eigenvalue weighted by Crippen LogP contribution is 2.32. The monoisotopic (exact) mass is 362 g/mol. The molecule has 1 aliphatic rings. The first-order valence-corrected chi connectivity index (χ1v) is 9.27. The van der Waals surface area contributed by atoms with E-state index in [-0.39, 0.29) is 5.69 Å². The number of piperazine rings is 1. The molecule has 1 aliphatic heterocycles. The normalized spacial score (nSPS) is 16.6. The van der Waals surface area contributed by atoms with Gasteiger partial charge in [0.25, 0.3) is 0 Å². The van der Waals surface area contributed by atoms with Gasteiger partial charge in [-0.05, 0) is 19.9 Å². The topological polar surface area (TPSA) is 71.7 Å². The van der Waals surface area contributed by atoms with E-state index in [1.165, 1.54) is 6.07 Å². The molecule has 0 amide bonds. The first-order valence-electron chi connectivity index (χ1n) is 8.39. The Morgan fingerprint density at radius 3 is 2.72 bits per heavy atom. The maximum absolute atomic E-state index is 11.1. The van der Waals surface area contributed by atoms with Crippen molar-refractivity contribution in [1.82, 2.24) is 9.88 Å². The lowest BCUT2D eigenvalue weighted by atomic mass is 10.2. The molecule has 3 rings (SSSR count). The van der Waals surface area contributed by atoms with Gasteiger partial charge < -0.3 is 9.64 Å². The lowest BCUT2D eigenvalue weighted by Crippen LogP contribution is -2.47. The molecule has 8 heteroatoms. The number of ether oxygens (including phenoxy) is 1. The van der Waals surface area contributed by atoms with Crippen LogP contribution in [0.4, 0.5) is 11.4 Å². The molecular weight excluding hydrogens is 340 g/mol. The van der Waals surface area contributed by atoms with E-state index in [1.54, 1.807) is 23.5 Å².